The molecule has 0 saturated heterocycles. The predicted octanol–water partition coefficient (Wildman–Crippen LogP) is 1.68. The molecule has 0 radical (unpaired) electrons. The molecule has 2 N–H and O–H groups in total. The number of rotatable bonds is 5. The van der Waals surface area contributed by atoms with Crippen molar-refractivity contribution in [2.75, 3.05) is 4.72 Å². The molecule has 1 rings (SSSR count). The fourth-order valence-corrected chi connectivity index (χ4v) is 2.06. The number of nitrogens with zero attached hydrogens (tertiary/aromatic N) is 2. The Kier molecular flexibility index (Phi) is 4.43. The summed E-state index contributed by atoms with van der Waals surface area (Å²) < 4.78 is 21.2. The average molecular weight is 235 g/mol. The van der Waals surface area contributed by atoms with Crippen molar-refractivity contribution in [1.29, 1.82) is 0 Å². The summed E-state index contributed by atoms with van der Waals surface area (Å²) in [5.74, 6) is 0.627. The van der Waals surface area contributed by atoms with E-state index in [1.54, 1.807) is 0 Å². The summed E-state index contributed by atoms with van der Waals surface area (Å²) in [7, 11) is 0. The van der Waals surface area contributed by atoms with E-state index in [1.807, 2.05) is 0 Å². The molecule has 0 fully saturated rings. The highest BCUT2D eigenvalue weighted by atomic mass is 32.2. The minimum Gasteiger partial charge on any atom is -0.289 e. The molecule has 0 saturated carbocycles. The summed E-state index contributed by atoms with van der Waals surface area (Å²) in [5, 5.41) is 8.93. The van der Waals surface area contributed by atoms with Crippen LogP contribution in [0.25, 0.3) is 0 Å². The number of hydrogen-bond acceptors (Lipinski definition) is 4. The predicted molar refractivity (Wildman–Crippen MR) is 57.5 cm³/mol. The van der Waals surface area contributed by atoms with E-state index < -0.39 is 11.3 Å². The minimum atomic E-state index is -2.06. The Morgan fingerprint density at radius 2 is 2.29 bits per heavy atom. The number of anilines is 1. The lowest BCUT2D eigenvalue weighted by Gasteiger charge is -1.99. The van der Waals surface area contributed by atoms with Gasteiger partial charge >= 0.3 is 0 Å². The zero-order valence-corrected chi connectivity index (χ0v) is 9.69. The van der Waals surface area contributed by atoms with Crippen molar-refractivity contribution >= 4 is 27.7 Å². The molecule has 0 aliphatic carbocycles. The third-order valence-corrected chi connectivity index (χ3v) is 2.97. The van der Waals surface area contributed by atoms with Crippen molar-refractivity contribution in [1.82, 2.24) is 10.2 Å². The maximum atomic E-state index is 10.4. The van der Waals surface area contributed by atoms with Crippen molar-refractivity contribution in [3.8, 4) is 0 Å². The van der Waals surface area contributed by atoms with E-state index in [1.165, 1.54) is 11.3 Å². The Morgan fingerprint density at radius 3 is 2.86 bits per heavy atom. The van der Waals surface area contributed by atoms with Crippen LogP contribution in [0.5, 0.6) is 0 Å². The smallest absolute Gasteiger partial charge is 0.261 e. The van der Waals surface area contributed by atoms with E-state index in [2.05, 4.69) is 28.8 Å². The zero-order valence-electron chi connectivity index (χ0n) is 8.06. The van der Waals surface area contributed by atoms with Crippen molar-refractivity contribution in [2.45, 2.75) is 26.7 Å². The quantitative estimate of drug-likeness (QED) is 0.761. The maximum Gasteiger partial charge on any atom is 0.261 e. The first-order valence-corrected chi connectivity index (χ1v) is 6.20. The Morgan fingerprint density at radius 1 is 1.57 bits per heavy atom. The van der Waals surface area contributed by atoms with E-state index in [0.717, 1.165) is 17.8 Å². The Hall–Kier alpha value is -0.530. The van der Waals surface area contributed by atoms with Gasteiger partial charge in [-0.15, -0.1) is 10.2 Å². The van der Waals surface area contributed by atoms with Crippen molar-refractivity contribution in [2.24, 2.45) is 5.92 Å². The summed E-state index contributed by atoms with van der Waals surface area (Å²) in [6.45, 7) is 4.28. The first kappa shape index (κ1) is 11.5. The van der Waals surface area contributed by atoms with Gasteiger partial charge in [0, 0.05) is 6.42 Å². The van der Waals surface area contributed by atoms with Crippen molar-refractivity contribution in [3.05, 3.63) is 5.01 Å². The second-order valence-electron chi connectivity index (χ2n) is 3.28. The van der Waals surface area contributed by atoms with Crippen LogP contribution in [-0.4, -0.2) is 19.0 Å². The van der Waals surface area contributed by atoms with E-state index in [4.69, 9.17) is 4.55 Å². The van der Waals surface area contributed by atoms with E-state index >= 15 is 0 Å². The average Bonchev–Trinajstić information content (AvgIpc) is 2.47. The molecule has 7 heteroatoms. The molecule has 1 atom stereocenters. The lowest BCUT2D eigenvalue weighted by molar-refractivity contribution is 0.570. The van der Waals surface area contributed by atoms with Crippen LogP contribution in [0.1, 0.15) is 25.3 Å². The van der Waals surface area contributed by atoms with Crippen LogP contribution >= 0.6 is 11.3 Å². The van der Waals surface area contributed by atoms with Crippen LogP contribution in [0, 0.1) is 5.92 Å². The molecule has 0 spiro atoms. The standard InChI is InChI=1S/C7H13N3O2S2/c1-5(2)3-4-6-8-9-7(13-6)10-14(11)12/h5H,3-4H2,1-2H3,(H,9,10)(H,11,12). The summed E-state index contributed by atoms with van der Waals surface area (Å²) in [6.07, 6.45) is 1.92. The van der Waals surface area contributed by atoms with Crippen LogP contribution in [0.4, 0.5) is 5.13 Å². The minimum absolute atomic E-state index is 0.393. The Balaban J connectivity index is 2.46. The molecule has 1 unspecified atom stereocenters. The molecular weight excluding hydrogens is 222 g/mol. The SMILES string of the molecule is CC(C)CCc1nnc(NS(=O)O)s1. The van der Waals surface area contributed by atoms with E-state index in [-0.39, 0.29) is 0 Å². The molecule has 0 aliphatic heterocycles. The first-order valence-electron chi connectivity index (χ1n) is 4.28. The zero-order chi connectivity index (χ0) is 10.6. The van der Waals surface area contributed by atoms with E-state index in [0.29, 0.717) is 11.0 Å². The molecule has 0 aromatic carbocycles. The number of hydrogen-bond donors (Lipinski definition) is 2. The van der Waals surface area contributed by atoms with Crippen LogP contribution in [-0.2, 0) is 17.7 Å². The van der Waals surface area contributed by atoms with Gasteiger partial charge in [0.2, 0.25) is 5.13 Å². The lowest BCUT2D eigenvalue weighted by atomic mass is 10.1. The normalized spacial score (nSPS) is 13.1. The second-order valence-corrected chi connectivity index (χ2v) is 5.05. The van der Waals surface area contributed by atoms with Gasteiger partial charge < -0.3 is 0 Å². The third kappa shape index (κ3) is 4.12. The van der Waals surface area contributed by atoms with Crippen LogP contribution in [0.15, 0.2) is 0 Å². The summed E-state index contributed by atoms with van der Waals surface area (Å²) in [5.41, 5.74) is 0. The molecule has 0 aliphatic rings. The van der Waals surface area contributed by atoms with Gasteiger partial charge in [0.1, 0.15) is 5.01 Å². The summed E-state index contributed by atoms with van der Waals surface area (Å²) in [4.78, 5) is 0. The van der Waals surface area contributed by atoms with Gasteiger partial charge in [0.25, 0.3) is 11.3 Å². The summed E-state index contributed by atoms with van der Waals surface area (Å²) >= 11 is -0.741. The summed E-state index contributed by atoms with van der Waals surface area (Å²) in [6, 6.07) is 0. The highest BCUT2D eigenvalue weighted by Crippen LogP contribution is 2.18. The molecule has 14 heavy (non-hydrogen) atoms. The topological polar surface area (TPSA) is 75.1 Å². The van der Waals surface area contributed by atoms with Gasteiger partial charge in [-0.1, -0.05) is 25.2 Å². The van der Waals surface area contributed by atoms with E-state index in [9.17, 15) is 4.21 Å². The van der Waals surface area contributed by atoms with Crippen LogP contribution in [0.2, 0.25) is 0 Å². The molecule has 80 valence electrons. The molecular formula is C7H13N3O2S2. The fourth-order valence-electron chi connectivity index (χ4n) is 0.883. The number of nitrogens with one attached hydrogen (secondary N) is 1. The second kappa shape index (κ2) is 5.38. The molecule has 1 heterocycles. The largest absolute Gasteiger partial charge is 0.289 e. The molecule has 1 aromatic heterocycles. The number of aromatic nitrogens is 2. The van der Waals surface area contributed by atoms with Gasteiger partial charge in [-0.25, -0.2) is 4.21 Å². The van der Waals surface area contributed by atoms with Crippen LogP contribution < -0.4 is 4.72 Å². The van der Waals surface area contributed by atoms with Gasteiger partial charge in [0.05, 0.1) is 0 Å². The number of aryl methyl sites for hydroxylation is 1. The van der Waals surface area contributed by atoms with Crippen LogP contribution in [0.3, 0.4) is 0 Å². The highest BCUT2D eigenvalue weighted by Gasteiger charge is 2.06. The maximum absolute atomic E-state index is 10.4. The van der Waals surface area contributed by atoms with Gasteiger partial charge in [0.15, 0.2) is 0 Å². The monoisotopic (exact) mass is 235 g/mol. The Labute approximate surface area is 89.4 Å². The van der Waals surface area contributed by atoms with Gasteiger partial charge in [-0.3, -0.25) is 9.27 Å². The van der Waals surface area contributed by atoms with Gasteiger partial charge in [-0.2, -0.15) is 0 Å². The molecule has 0 amide bonds. The fraction of sp³-hybridized carbons (Fsp3) is 0.714. The molecule has 1 aromatic rings. The third-order valence-electron chi connectivity index (χ3n) is 1.58. The molecule has 5 nitrogen and oxygen atoms in total. The first-order chi connectivity index (χ1) is 6.58. The lowest BCUT2D eigenvalue weighted by Crippen LogP contribution is -2.00. The highest BCUT2D eigenvalue weighted by molar-refractivity contribution is 7.80. The Bertz CT molecular complexity index is 314. The van der Waals surface area contributed by atoms with Gasteiger partial charge in [-0.05, 0) is 12.3 Å². The van der Waals surface area contributed by atoms with Crippen molar-refractivity contribution < 1.29 is 8.76 Å². The molecule has 0 bridgehead atoms. The van der Waals surface area contributed by atoms with Crippen molar-refractivity contribution in [3.63, 3.8) is 0 Å².